The highest BCUT2D eigenvalue weighted by Gasteiger charge is 2.43. The van der Waals surface area contributed by atoms with Crippen LogP contribution in [-0.4, -0.2) is 18.7 Å². The fourth-order valence-corrected chi connectivity index (χ4v) is 3.54. The number of ether oxygens (including phenoxy) is 2. The van der Waals surface area contributed by atoms with Crippen molar-refractivity contribution in [3.8, 4) is 11.5 Å². The van der Waals surface area contributed by atoms with Crippen LogP contribution < -0.4 is 14.9 Å². The van der Waals surface area contributed by atoms with E-state index in [4.69, 9.17) is 9.47 Å². The molecule has 164 valence electrons. The summed E-state index contributed by atoms with van der Waals surface area (Å²) in [6, 6.07) is 21.7. The Balaban J connectivity index is 1.34. The third-order valence-electron chi connectivity index (χ3n) is 5.32. The third-order valence-corrected chi connectivity index (χ3v) is 5.32. The molecule has 2 atom stereocenters. The molecular weight excluding hydrogens is 407 g/mol. The van der Waals surface area contributed by atoms with Gasteiger partial charge in [0, 0.05) is 5.92 Å². The summed E-state index contributed by atoms with van der Waals surface area (Å²) in [4.78, 5) is 12.4. The van der Waals surface area contributed by atoms with E-state index in [0.717, 1.165) is 17.5 Å². The van der Waals surface area contributed by atoms with Crippen molar-refractivity contribution in [3.63, 3.8) is 0 Å². The van der Waals surface area contributed by atoms with Gasteiger partial charge < -0.3 is 9.47 Å². The van der Waals surface area contributed by atoms with Gasteiger partial charge in [-0.25, -0.2) is 9.82 Å². The normalized spacial score (nSPS) is 17.2. The summed E-state index contributed by atoms with van der Waals surface area (Å²) in [7, 11) is 0. The molecule has 1 fully saturated rings. The minimum atomic E-state index is -0.281. The third kappa shape index (κ3) is 5.52. The number of nitrogens with zero attached hydrogens (tertiary/aromatic N) is 1. The van der Waals surface area contributed by atoms with Gasteiger partial charge >= 0.3 is 0 Å². The molecule has 3 aromatic carbocycles. The van der Waals surface area contributed by atoms with Crippen molar-refractivity contribution >= 4 is 12.1 Å². The Morgan fingerprint density at radius 1 is 1.06 bits per heavy atom. The smallest absolute Gasteiger partial charge is 0.243 e. The van der Waals surface area contributed by atoms with Crippen molar-refractivity contribution in [2.24, 2.45) is 11.0 Å². The topological polar surface area (TPSA) is 59.9 Å². The van der Waals surface area contributed by atoms with E-state index in [1.807, 2.05) is 37.3 Å². The molecule has 1 saturated carbocycles. The first-order valence-electron chi connectivity index (χ1n) is 10.7. The van der Waals surface area contributed by atoms with E-state index in [0.29, 0.717) is 24.7 Å². The lowest BCUT2D eigenvalue weighted by molar-refractivity contribution is -0.122. The molecule has 1 aliphatic carbocycles. The highest BCUT2D eigenvalue weighted by molar-refractivity contribution is 5.86. The number of halogens is 1. The first kappa shape index (κ1) is 21.6. The van der Waals surface area contributed by atoms with E-state index >= 15 is 0 Å². The zero-order chi connectivity index (χ0) is 22.3. The van der Waals surface area contributed by atoms with Crippen LogP contribution in [0.15, 0.2) is 77.9 Å². The van der Waals surface area contributed by atoms with Crippen LogP contribution in [0.25, 0.3) is 0 Å². The molecule has 1 N–H and O–H groups in total. The van der Waals surface area contributed by atoms with Gasteiger partial charge in [-0.2, -0.15) is 5.10 Å². The number of carbonyl (C=O) groups excluding carboxylic acids is 1. The van der Waals surface area contributed by atoms with E-state index in [1.165, 1.54) is 17.7 Å². The summed E-state index contributed by atoms with van der Waals surface area (Å²) in [5, 5.41) is 4.11. The maximum Gasteiger partial charge on any atom is 0.243 e. The molecule has 0 spiro atoms. The van der Waals surface area contributed by atoms with Crippen LogP contribution in [0.3, 0.4) is 0 Å². The van der Waals surface area contributed by atoms with Crippen LogP contribution in [0.4, 0.5) is 4.39 Å². The zero-order valence-corrected chi connectivity index (χ0v) is 17.8. The first-order valence-corrected chi connectivity index (χ1v) is 10.7. The molecule has 0 radical (unpaired) electrons. The van der Waals surface area contributed by atoms with Gasteiger partial charge in [0.1, 0.15) is 12.4 Å². The molecular formula is C26H25FN2O3. The van der Waals surface area contributed by atoms with Crippen molar-refractivity contribution in [1.82, 2.24) is 5.43 Å². The summed E-state index contributed by atoms with van der Waals surface area (Å²) < 4.78 is 24.6. The summed E-state index contributed by atoms with van der Waals surface area (Å²) in [6.07, 6.45) is 2.43. The standard InChI is InChI=1S/C26H25FN2O3/c1-2-31-25-14-19(10-13-24(25)32-17-18-8-11-21(27)12-9-18)16-28-29-26(30)23-15-22(23)20-6-4-3-5-7-20/h3-14,16,22-23H,2,15,17H2,1H3,(H,29,30). The molecule has 5 nitrogen and oxygen atoms in total. The Hall–Kier alpha value is -3.67. The van der Waals surface area contributed by atoms with Crippen LogP contribution in [0, 0.1) is 11.7 Å². The van der Waals surface area contributed by atoms with Gasteiger partial charge in [-0.05, 0) is 66.3 Å². The lowest BCUT2D eigenvalue weighted by Crippen LogP contribution is -2.20. The van der Waals surface area contributed by atoms with Crippen LogP contribution in [0.5, 0.6) is 11.5 Å². The molecule has 0 heterocycles. The van der Waals surface area contributed by atoms with Crippen molar-refractivity contribution in [2.45, 2.75) is 25.9 Å². The van der Waals surface area contributed by atoms with Crippen LogP contribution in [0.1, 0.15) is 36.0 Å². The summed E-state index contributed by atoms with van der Waals surface area (Å²) >= 11 is 0. The fourth-order valence-electron chi connectivity index (χ4n) is 3.54. The summed E-state index contributed by atoms with van der Waals surface area (Å²) in [6.45, 7) is 2.67. The largest absolute Gasteiger partial charge is 0.490 e. The second kappa shape index (κ2) is 10.1. The molecule has 0 saturated heterocycles. The van der Waals surface area contributed by atoms with Gasteiger partial charge in [-0.3, -0.25) is 4.79 Å². The highest BCUT2D eigenvalue weighted by atomic mass is 19.1. The second-order valence-electron chi connectivity index (χ2n) is 7.65. The van der Waals surface area contributed by atoms with E-state index in [-0.39, 0.29) is 23.6 Å². The Morgan fingerprint density at radius 2 is 1.84 bits per heavy atom. The molecule has 1 aliphatic rings. The molecule has 0 aromatic heterocycles. The number of hydrazone groups is 1. The predicted octanol–water partition coefficient (Wildman–Crippen LogP) is 5.06. The Morgan fingerprint density at radius 3 is 2.59 bits per heavy atom. The van der Waals surface area contributed by atoms with Gasteiger partial charge in [0.05, 0.1) is 12.8 Å². The molecule has 4 rings (SSSR count). The minimum Gasteiger partial charge on any atom is -0.490 e. The van der Waals surface area contributed by atoms with Crippen LogP contribution in [0.2, 0.25) is 0 Å². The number of hydrogen-bond donors (Lipinski definition) is 1. The fraction of sp³-hybridized carbons (Fsp3) is 0.231. The van der Waals surface area contributed by atoms with E-state index in [1.54, 1.807) is 24.4 Å². The first-order chi connectivity index (χ1) is 15.6. The van der Waals surface area contributed by atoms with Crippen molar-refractivity contribution < 1.29 is 18.7 Å². The number of amides is 1. The predicted molar refractivity (Wildman–Crippen MR) is 121 cm³/mol. The maximum atomic E-state index is 13.1. The average Bonchev–Trinajstić information content (AvgIpc) is 3.62. The highest BCUT2D eigenvalue weighted by Crippen LogP contribution is 2.47. The molecule has 2 unspecified atom stereocenters. The van der Waals surface area contributed by atoms with Crippen molar-refractivity contribution in [2.75, 3.05) is 6.61 Å². The quantitative estimate of drug-likeness (QED) is 0.380. The molecule has 6 heteroatoms. The lowest BCUT2D eigenvalue weighted by Gasteiger charge is -2.12. The molecule has 32 heavy (non-hydrogen) atoms. The number of rotatable bonds is 9. The maximum absolute atomic E-state index is 13.1. The van der Waals surface area contributed by atoms with Crippen molar-refractivity contribution in [3.05, 3.63) is 95.3 Å². The molecule has 1 amide bonds. The van der Waals surface area contributed by atoms with Gasteiger partial charge in [0.25, 0.3) is 0 Å². The number of hydrogen-bond acceptors (Lipinski definition) is 4. The number of benzene rings is 3. The van der Waals surface area contributed by atoms with Gasteiger partial charge in [-0.1, -0.05) is 42.5 Å². The number of nitrogens with one attached hydrogen (secondary N) is 1. The van der Waals surface area contributed by atoms with E-state index < -0.39 is 0 Å². The second-order valence-corrected chi connectivity index (χ2v) is 7.65. The SMILES string of the molecule is CCOc1cc(C=NNC(=O)C2CC2c2ccccc2)ccc1OCc1ccc(F)cc1. The van der Waals surface area contributed by atoms with Crippen molar-refractivity contribution in [1.29, 1.82) is 0 Å². The van der Waals surface area contributed by atoms with E-state index in [9.17, 15) is 9.18 Å². The monoisotopic (exact) mass is 432 g/mol. The zero-order valence-electron chi connectivity index (χ0n) is 17.8. The lowest BCUT2D eigenvalue weighted by atomic mass is 10.1. The van der Waals surface area contributed by atoms with E-state index in [2.05, 4.69) is 22.7 Å². The van der Waals surface area contributed by atoms with Gasteiger partial charge in [0.15, 0.2) is 11.5 Å². The van der Waals surface area contributed by atoms with Gasteiger partial charge in [0.2, 0.25) is 5.91 Å². The number of carbonyl (C=O) groups is 1. The van der Waals surface area contributed by atoms with Crippen LogP contribution in [-0.2, 0) is 11.4 Å². The molecule has 0 aliphatic heterocycles. The molecule has 3 aromatic rings. The Kier molecular flexibility index (Phi) is 6.80. The Labute approximate surface area is 186 Å². The average molecular weight is 432 g/mol. The summed E-state index contributed by atoms with van der Waals surface area (Å²) in [5.74, 6) is 1.05. The molecule has 0 bridgehead atoms. The Bertz CT molecular complexity index is 1080. The van der Waals surface area contributed by atoms with Crippen LogP contribution >= 0.6 is 0 Å². The van der Waals surface area contributed by atoms with Gasteiger partial charge in [-0.15, -0.1) is 0 Å². The minimum absolute atomic E-state index is 0.0317. The summed E-state index contributed by atoms with van der Waals surface area (Å²) in [5.41, 5.74) is 5.46.